The highest BCUT2D eigenvalue weighted by molar-refractivity contribution is 5.97. The van der Waals surface area contributed by atoms with E-state index in [1.165, 1.54) is 25.7 Å². The molecule has 0 radical (unpaired) electrons. The number of nitrogens with zero attached hydrogens (tertiary/aromatic N) is 2. The van der Waals surface area contributed by atoms with E-state index < -0.39 is 132 Å². The lowest BCUT2D eigenvalue weighted by Crippen LogP contribution is -2.56. The number of benzene rings is 2. The molecule has 7 atom stereocenters. The first-order chi connectivity index (χ1) is 37.2. The Morgan fingerprint density at radius 3 is 2.01 bits per heavy atom. The lowest BCUT2D eigenvalue weighted by molar-refractivity contribution is -0.140. The number of hydrogen-bond donors (Lipinski definition) is 10. The number of aliphatic hydroxyl groups excluding tert-OH is 1. The molecule has 3 aromatic rings. The Hall–Kier alpha value is -7.44. The monoisotopic (exact) mass is 1110 g/mol. The molecular weight excluding hydrogens is 1030 g/mol. The van der Waals surface area contributed by atoms with Crippen molar-refractivity contribution in [3.8, 4) is 11.1 Å². The van der Waals surface area contributed by atoms with Crippen molar-refractivity contribution < 1.29 is 66.9 Å². The summed E-state index contributed by atoms with van der Waals surface area (Å²) in [4.78, 5) is 132. The number of aliphatic carboxylic acids is 1. The quantitative estimate of drug-likeness (QED) is 0.0383. The van der Waals surface area contributed by atoms with Crippen LogP contribution in [0.5, 0.6) is 0 Å². The third-order valence-corrected chi connectivity index (χ3v) is 13.0. The smallest absolute Gasteiger partial charge is 0.320 e. The molecule has 0 saturated carbocycles. The molecule has 13 N–H and O–H groups in total. The number of nitrogens with two attached hydrogens (primary N) is 3. The van der Waals surface area contributed by atoms with Gasteiger partial charge in [0.05, 0.1) is 18.5 Å². The molecule has 0 aliphatic heterocycles. The van der Waals surface area contributed by atoms with Crippen LogP contribution in [-0.4, -0.2) is 135 Å². The highest BCUT2D eigenvalue weighted by Gasteiger charge is 2.39. The summed E-state index contributed by atoms with van der Waals surface area (Å²) in [6.45, 7) is 8.47. The van der Waals surface area contributed by atoms with E-state index in [1.807, 2.05) is 30.3 Å². The van der Waals surface area contributed by atoms with Crippen LogP contribution in [0.3, 0.4) is 0 Å². The molecule has 22 nitrogen and oxygen atoms in total. The van der Waals surface area contributed by atoms with Crippen molar-refractivity contribution in [2.75, 3.05) is 26.2 Å². The zero-order valence-corrected chi connectivity index (χ0v) is 45.8. The predicted molar refractivity (Wildman–Crippen MR) is 288 cm³/mol. The molecule has 0 aliphatic carbocycles. The summed E-state index contributed by atoms with van der Waals surface area (Å²) in [5, 5.41) is 32.3. The summed E-state index contributed by atoms with van der Waals surface area (Å²) in [5.41, 5.74) is 17.2. The number of carbonyl (C=O) groups is 10. The van der Waals surface area contributed by atoms with Gasteiger partial charge in [0.1, 0.15) is 48.2 Å². The number of aliphatic hydroxyl groups is 1. The summed E-state index contributed by atoms with van der Waals surface area (Å²) >= 11 is 0. The van der Waals surface area contributed by atoms with Crippen molar-refractivity contribution in [2.24, 2.45) is 28.5 Å². The molecule has 1 aromatic heterocycles. The number of rotatable bonds is 34. The molecule has 0 spiro atoms. The maximum absolute atomic E-state index is 15.4. The lowest BCUT2D eigenvalue weighted by atomic mass is 9.82. The van der Waals surface area contributed by atoms with Crippen LogP contribution in [0.25, 0.3) is 11.1 Å². The van der Waals surface area contributed by atoms with E-state index in [1.54, 1.807) is 37.6 Å². The first-order valence-corrected chi connectivity index (χ1v) is 26.2. The molecule has 24 heteroatoms. The van der Waals surface area contributed by atoms with E-state index in [0.29, 0.717) is 25.1 Å². The van der Waals surface area contributed by atoms with Gasteiger partial charge in [-0.25, -0.2) is 8.78 Å². The van der Waals surface area contributed by atoms with Crippen LogP contribution in [0.2, 0.25) is 0 Å². The molecule has 0 saturated heterocycles. The summed E-state index contributed by atoms with van der Waals surface area (Å²) in [6.07, 6.45) is 1.12. The molecule has 3 rings (SSSR count). The van der Waals surface area contributed by atoms with Gasteiger partial charge in [0, 0.05) is 74.8 Å². The molecular formula is C55H78F2N10O12. The number of aromatic nitrogens is 1. The first-order valence-electron chi connectivity index (χ1n) is 26.2. The van der Waals surface area contributed by atoms with Crippen molar-refractivity contribution in [3.05, 3.63) is 83.7 Å². The molecule has 0 fully saturated rings. The Balaban J connectivity index is 1.99. The van der Waals surface area contributed by atoms with Crippen LogP contribution >= 0.6 is 0 Å². The van der Waals surface area contributed by atoms with Crippen molar-refractivity contribution in [1.29, 1.82) is 0 Å². The normalized spacial score (nSPS) is 14.0. The molecule has 434 valence electrons. The fourth-order valence-electron chi connectivity index (χ4n) is 8.79. The zero-order valence-electron chi connectivity index (χ0n) is 45.8. The average Bonchev–Trinajstić information content (AvgIpc) is 3.91. The van der Waals surface area contributed by atoms with Crippen LogP contribution in [0.4, 0.5) is 8.78 Å². The van der Waals surface area contributed by atoms with Gasteiger partial charge in [-0.3, -0.25) is 47.9 Å². The van der Waals surface area contributed by atoms with Gasteiger partial charge >= 0.3 is 5.97 Å². The maximum atomic E-state index is 15.4. The van der Waals surface area contributed by atoms with Crippen LogP contribution in [0.15, 0.2) is 60.8 Å². The number of carboxylic acids is 1. The number of hydrogen-bond acceptors (Lipinski definition) is 13. The van der Waals surface area contributed by atoms with Gasteiger partial charge in [-0.2, -0.15) is 0 Å². The van der Waals surface area contributed by atoms with Crippen molar-refractivity contribution in [3.63, 3.8) is 0 Å². The van der Waals surface area contributed by atoms with Gasteiger partial charge in [0.15, 0.2) is 5.78 Å². The Morgan fingerprint density at radius 2 is 1.41 bits per heavy atom. The van der Waals surface area contributed by atoms with E-state index in [0.717, 1.165) is 23.8 Å². The third-order valence-electron chi connectivity index (χ3n) is 13.0. The fraction of sp³-hybridized carbons (Fsp3) is 0.527. The fourth-order valence-corrected chi connectivity index (χ4v) is 8.79. The zero-order chi connectivity index (χ0) is 59.1. The van der Waals surface area contributed by atoms with Crippen LogP contribution in [0.1, 0.15) is 123 Å². The van der Waals surface area contributed by atoms with Gasteiger partial charge in [-0.15, -0.1) is 0 Å². The Morgan fingerprint density at radius 1 is 0.759 bits per heavy atom. The van der Waals surface area contributed by atoms with Crippen molar-refractivity contribution >= 4 is 58.9 Å². The summed E-state index contributed by atoms with van der Waals surface area (Å²) in [6, 6.07) is 6.19. The van der Waals surface area contributed by atoms with Crippen LogP contribution in [0, 0.1) is 23.0 Å². The molecule has 0 bridgehead atoms. The van der Waals surface area contributed by atoms with E-state index in [9.17, 15) is 57.4 Å². The Bertz CT molecular complexity index is 2610. The number of ketones is 2. The highest BCUT2D eigenvalue weighted by Crippen LogP contribution is 2.41. The number of primary amides is 1. The predicted octanol–water partition coefficient (Wildman–Crippen LogP) is 2.02. The minimum atomic E-state index is -1.72. The minimum absolute atomic E-state index is 0.0642. The second-order valence-electron chi connectivity index (χ2n) is 20.7. The third kappa shape index (κ3) is 21.7. The van der Waals surface area contributed by atoms with E-state index in [4.69, 9.17) is 22.3 Å². The standard InChI is InChI=1S/C55H78F2N10O12/c1-32(25-46(71)33(2)62-52(76)42(63-34(3)69)16-10-11-22-58)50(74)65-44(28-47(60)72)53(77)64-43(51(75)61-23-12-15-38(70)18-20-41(59)54(78)79)21-24-67(48(73)31-68)49(55(4,5)6)45-26-36(39-27-37(56)17-19-40(39)57)30-66(45)29-35-13-8-7-9-14-35/h7-9,13-14,17,19,26-27,30,32-33,41-44,49,68H,10-12,15-16,18,20-25,28-29,31,58-59H2,1-6H3,(H2,60,72)(H,61,75)(H,62,76)(H,63,69)(H,64,77)(H,65,74)(H,78,79)/t32-,33+,41+,42+,43+,44+,49+/m1/s1. The second kappa shape index (κ2) is 31.8. The average molecular weight is 1110 g/mol. The molecule has 0 unspecified atom stereocenters. The van der Waals surface area contributed by atoms with Crippen LogP contribution < -0.4 is 43.8 Å². The maximum Gasteiger partial charge on any atom is 0.320 e. The molecule has 1 heterocycles. The van der Waals surface area contributed by atoms with Crippen molar-refractivity contribution in [2.45, 2.75) is 149 Å². The van der Waals surface area contributed by atoms with Gasteiger partial charge in [-0.05, 0) is 87.2 Å². The number of Topliss-reactive ketones (excluding diaryl/α,β-unsaturated/α-hetero) is 2. The largest absolute Gasteiger partial charge is 0.480 e. The first kappa shape index (κ1) is 65.8. The number of halogens is 2. The highest BCUT2D eigenvalue weighted by atomic mass is 19.1. The SMILES string of the molecule is CC(=O)N[C@@H](CCCCN)C(=O)N[C@@H](C)C(=O)C[C@@H](C)C(=O)N[C@@H](CC(N)=O)C(=O)N[C@@H](CCN(C(=O)CO)[C@@H](c1cc(-c2cc(F)ccc2F)cn1Cc1ccccc1)C(C)(C)C)C(=O)NCCCC(=O)CC[C@H](N)C(=O)O. The van der Waals surface area contributed by atoms with Crippen LogP contribution in [-0.2, 0) is 54.5 Å². The van der Waals surface area contributed by atoms with E-state index in [-0.39, 0.29) is 75.1 Å². The Labute approximate surface area is 458 Å². The summed E-state index contributed by atoms with van der Waals surface area (Å²) in [7, 11) is 0. The number of carboxylic acid groups (broad SMARTS) is 1. The van der Waals surface area contributed by atoms with E-state index in [2.05, 4.69) is 26.6 Å². The molecule has 7 amide bonds. The van der Waals surface area contributed by atoms with Gasteiger partial charge in [0.2, 0.25) is 41.4 Å². The number of carbonyl (C=O) groups excluding carboxylic acids is 9. The topological polar surface area (TPSA) is 358 Å². The van der Waals surface area contributed by atoms with Gasteiger partial charge in [-0.1, -0.05) is 58.0 Å². The number of nitrogens with one attached hydrogen (secondary N) is 5. The summed E-state index contributed by atoms with van der Waals surface area (Å²) < 4.78 is 31.8. The van der Waals surface area contributed by atoms with E-state index >= 15 is 4.39 Å². The Kier molecular flexibility index (Phi) is 26.5. The molecule has 0 aliphatic rings. The summed E-state index contributed by atoms with van der Waals surface area (Å²) in [5.74, 6) is -10.5. The van der Waals surface area contributed by atoms with Gasteiger partial charge < -0.3 is 63.5 Å². The van der Waals surface area contributed by atoms with Gasteiger partial charge in [0.25, 0.3) is 0 Å². The minimum Gasteiger partial charge on any atom is -0.480 e. The molecule has 79 heavy (non-hydrogen) atoms. The second-order valence-corrected chi connectivity index (χ2v) is 20.7. The number of unbranched alkanes of at least 4 members (excludes halogenated alkanes) is 1. The van der Waals surface area contributed by atoms with Crippen molar-refractivity contribution in [1.82, 2.24) is 36.1 Å². The molecule has 2 aromatic carbocycles. The number of amides is 7. The lowest BCUT2D eigenvalue weighted by Gasteiger charge is -2.41.